The maximum atomic E-state index is 13.4. The van der Waals surface area contributed by atoms with Gasteiger partial charge in [0.05, 0.1) is 27.4 Å². The first-order valence-electron chi connectivity index (χ1n) is 9.21. The third kappa shape index (κ3) is 3.21. The van der Waals surface area contributed by atoms with Crippen LogP contribution in [0.15, 0.2) is 36.4 Å². The van der Waals surface area contributed by atoms with E-state index in [4.69, 9.17) is 14.2 Å². The van der Waals surface area contributed by atoms with E-state index in [0.29, 0.717) is 23.6 Å². The second-order valence-corrected chi connectivity index (χ2v) is 6.66. The van der Waals surface area contributed by atoms with Gasteiger partial charge in [0.2, 0.25) is 0 Å². The number of amides is 1. The van der Waals surface area contributed by atoms with Crippen LogP contribution in [0, 0.1) is 0 Å². The third-order valence-electron chi connectivity index (χ3n) is 5.23. The lowest BCUT2D eigenvalue weighted by molar-refractivity contribution is 0.0983. The molecule has 2 aliphatic rings. The average Bonchev–Trinajstić information content (AvgIpc) is 3.16. The first kappa shape index (κ1) is 17.7. The Morgan fingerprint density at radius 3 is 2.37 bits per heavy atom. The number of methoxy groups -OCH3 is 2. The molecule has 0 aromatic heterocycles. The Kier molecular flexibility index (Phi) is 4.90. The maximum absolute atomic E-state index is 13.4. The Hall–Kier alpha value is -2.73. The van der Waals surface area contributed by atoms with E-state index < -0.39 is 0 Å². The van der Waals surface area contributed by atoms with Crippen LogP contribution in [0.2, 0.25) is 0 Å². The molecule has 27 heavy (non-hydrogen) atoms. The Labute approximate surface area is 159 Å². The number of fused-ring (bicyclic) bond motifs is 1. The van der Waals surface area contributed by atoms with E-state index in [0.717, 1.165) is 44.1 Å². The van der Waals surface area contributed by atoms with E-state index >= 15 is 0 Å². The highest BCUT2D eigenvalue weighted by molar-refractivity contribution is 6.11. The van der Waals surface area contributed by atoms with Crippen molar-refractivity contribution in [1.82, 2.24) is 0 Å². The largest absolute Gasteiger partial charge is 0.496 e. The van der Waals surface area contributed by atoms with Crippen molar-refractivity contribution in [2.24, 2.45) is 0 Å². The monoisotopic (exact) mass is 368 g/mol. The minimum atomic E-state index is -0.0952. The van der Waals surface area contributed by atoms with Crippen molar-refractivity contribution >= 4 is 17.3 Å². The molecule has 0 aliphatic carbocycles. The molecule has 6 heteroatoms. The number of benzene rings is 2. The topological polar surface area (TPSA) is 51.2 Å². The Morgan fingerprint density at radius 1 is 1.00 bits per heavy atom. The van der Waals surface area contributed by atoms with E-state index in [1.807, 2.05) is 11.0 Å². The third-order valence-corrected chi connectivity index (χ3v) is 5.23. The maximum Gasteiger partial charge on any atom is 0.265 e. The van der Waals surface area contributed by atoms with Crippen molar-refractivity contribution in [1.29, 1.82) is 0 Å². The highest BCUT2D eigenvalue weighted by Crippen LogP contribution is 2.37. The summed E-state index contributed by atoms with van der Waals surface area (Å²) in [6.07, 6.45) is 0.849. The van der Waals surface area contributed by atoms with Gasteiger partial charge in [0.15, 0.2) is 0 Å². The average molecular weight is 368 g/mol. The number of ether oxygens (including phenoxy) is 3. The van der Waals surface area contributed by atoms with Gasteiger partial charge in [-0.05, 0) is 36.2 Å². The summed E-state index contributed by atoms with van der Waals surface area (Å²) in [6.45, 7) is 3.86. The van der Waals surface area contributed by atoms with Crippen molar-refractivity contribution < 1.29 is 19.0 Å². The predicted octanol–water partition coefficient (Wildman–Crippen LogP) is 2.74. The van der Waals surface area contributed by atoms with Gasteiger partial charge in [0.1, 0.15) is 17.1 Å². The standard InChI is InChI=1S/C21H24N2O4/c1-25-18-4-3-5-19(26-2)20(18)21(24)23-9-8-15-6-7-16(14-17(15)23)22-10-12-27-13-11-22/h3-7,14H,8-13H2,1-2H3. The molecule has 2 aromatic rings. The number of carbonyl (C=O) groups is 1. The van der Waals surface area contributed by atoms with Gasteiger partial charge in [-0.1, -0.05) is 12.1 Å². The van der Waals surface area contributed by atoms with E-state index in [1.165, 1.54) is 5.56 Å². The fourth-order valence-corrected chi connectivity index (χ4v) is 3.79. The Balaban J connectivity index is 1.69. The van der Waals surface area contributed by atoms with Crippen LogP contribution in [0.25, 0.3) is 0 Å². The summed E-state index contributed by atoms with van der Waals surface area (Å²) in [6, 6.07) is 11.8. The number of rotatable bonds is 4. The van der Waals surface area contributed by atoms with Crippen molar-refractivity contribution in [3.63, 3.8) is 0 Å². The summed E-state index contributed by atoms with van der Waals surface area (Å²) in [5.74, 6) is 0.955. The molecule has 0 saturated carbocycles. The molecule has 1 amide bonds. The lowest BCUT2D eigenvalue weighted by Gasteiger charge is -2.30. The van der Waals surface area contributed by atoms with Gasteiger partial charge in [0.25, 0.3) is 5.91 Å². The summed E-state index contributed by atoms with van der Waals surface area (Å²) in [7, 11) is 3.14. The highest BCUT2D eigenvalue weighted by Gasteiger charge is 2.30. The van der Waals surface area contributed by atoms with Gasteiger partial charge >= 0.3 is 0 Å². The number of hydrogen-bond donors (Lipinski definition) is 0. The Bertz CT molecular complexity index is 824. The molecule has 1 saturated heterocycles. The summed E-state index contributed by atoms with van der Waals surface area (Å²) in [5, 5.41) is 0. The van der Waals surface area contributed by atoms with Crippen LogP contribution in [0.4, 0.5) is 11.4 Å². The molecule has 2 aromatic carbocycles. The van der Waals surface area contributed by atoms with Crippen LogP contribution in [-0.4, -0.2) is 53.0 Å². The van der Waals surface area contributed by atoms with Crippen LogP contribution in [0.1, 0.15) is 15.9 Å². The highest BCUT2D eigenvalue weighted by atomic mass is 16.5. The summed E-state index contributed by atoms with van der Waals surface area (Å²) in [5.41, 5.74) is 3.75. The molecule has 0 radical (unpaired) electrons. The smallest absolute Gasteiger partial charge is 0.265 e. The second kappa shape index (κ2) is 7.48. The normalized spacial score (nSPS) is 16.2. The summed E-state index contributed by atoms with van der Waals surface area (Å²) >= 11 is 0. The molecule has 0 spiro atoms. The SMILES string of the molecule is COc1cccc(OC)c1C(=O)N1CCc2ccc(N3CCOCC3)cc21. The molecule has 1 fully saturated rings. The van der Waals surface area contributed by atoms with Crippen LogP contribution in [0.3, 0.4) is 0 Å². The van der Waals surface area contributed by atoms with Gasteiger partial charge in [0, 0.05) is 31.0 Å². The zero-order chi connectivity index (χ0) is 18.8. The molecule has 2 aliphatic heterocycles. The zero-order valence-corrected chi connectivity index (χ0v) is 15.7. The molecule has 0 unspecified atom stereocenters. The second-order valence-electron chi connectivity index (χ2n) is 6.66. The molecule has 6 nitrogen and oxygen atoms in total. The number of nitrogens with zero attached hydrogens (tertiary/aromatic N) is 2. The van der Waals surface area contributed by atoms with E-state index in [-0.39, 0.29) is 5.91 Å². The molecular weight excluding hydrogens is 344 g/mol. The molecule has 2 heterocycles. The first-order chi connectivity index (χ1) is 13.2. The van der Waals surface area contributed by atoms with E-state index in [2.05, 4.69) is 23.1 Å². The number of carbonyl (C=O) groups excluding carboxylic acids is 1. The van der Waals surface area contributed by atoms with Crippen molar-refractivity contribution in [3.8, 4) is 11.5 Å². The molecule has 0 bridgehead atoms. The van der Waals surface area contributed by atoms with Gasteiger partial charge in [-0.3, -0.25) is 4.79 Å². The van der Waals surface area contributed by atoms with Crippen molar-refractivity contribution in [3.05, 3.63) is 47.5 Å². The van der Waals surface area contributed by atoms with Gasteiger partial charge in [-0.15, -0.1) is 0 Å². The van der Waals surface area contributed by atoms with Crippen LogP contribution < -0.4 is 19.3 Å². The lowest BCUT2D eigenvalue weighted by Crippen LogP contribution is -2.36. The number of morpholine rings is 1. The number of anilines is 2. The van der Waals surface area contributed by atoms with Crippen molar-refractivity contribution in [2.75, 3.05) is 56.9 Å². The summed E-state index contributed by atoms with van der Waals surface area (Å²) in [4.78, 5) is 17.5. The van der Waals surface area contributed by atoms with Gasteiger partial charge in [-0.25, -0.2) is 0 Å². The van der Waals surface area contributed by atoms with Crippen LogP contribution in [-0.2, 0) is 11.2 Å². The number of hydrogen-bond acceptors (Lipinski definition) is 5. The predicted molar refractivity (Wildman–Crippen MR) is 104 cm³/mol. The van der Waals surface area contributed by atoms with Crippen LogP contribution >= 0.6 is 0 Å². The van der Waals surface area contributed by atoms with Crippen LogP contribution in [0.5, 0.6) is 11.5 Å². The van der Waals surface area contributed by atoms with E-state index in [1.54, 1.807) is 26.4 Å². The molecule has 142 valence electrons. The molecule has 4 rings (SSSR count). The Morgan fingerprint density at radius 2 is 1.70 bits per heavy atom. The minimum absolute atomic E-state index is 0.0952. The van der Waals surface area contributed by atoms with Crippen molar-refractivity contribution in [2.45, 2.75) is 6.42 Å². The van der Waals surface area contributed by atoms with E-state index in [9.17, 15) is 4.79 Å². The first-order valence-corrected chi connectivity index (χ1v) is 9.21. The lowest BCUT2D eigenvalue weighted by atomic mass is 10.1. The van der Waals surface area contributed by atoms with Gasteiger partial charge < -0.3 is 24.0 Å². The minimum Gasteiger partial charge on any atom is -0.496 e. The molecule has 0 atom stereocenters. The fraction of sp³-hybridized carbons (Fsp3) is 0.381. The summed E-state index contributed by atoms with van der Waals surface area (Å²) < 4.78 is 16.3. The zero-order valence-electron chi connectivity index (χ0n) is 15.7. The molecular formula is C21H24N2O4. The fourth-order valence-electron chi connectivity index (χ4n) is 3.79. The quantitative estimate of drug-likeness (QED) is 0.831. The van der Waals surface area contributed by atoms with Gasteiger partial charge in [-0.2, -0.15) is 0 Å². The molecule has 0 N–H and O–H groups in total.